The smallest absolute Gasteiger partial charge is 0.0178 e. The lowest BCUT2D eigenvalue weighted by Gasteiger charge is -2.09. The van der Waals surface area contributed by atoms with Crippen molar-refractivity contribution in [2.24, 2.45) is 0 Å². The Bertz CT molecular complexity index is 233. The third kappa shape index (κ3) is 2.31. The highest BCUT2D eigenvalue weighted by Gasteiger charge is 2.07. The summed E-state index contributed by atoms with van der Waals surface area (Å²) in [5.74, 6) is 1.39. The molecule has 0 atom stereocenters. The quantitative estimate of drug-likeness (QED) is 0.658. The number of rotatable bonds is 1. The summed E-state index contributed by atoms with van der Waals surface area (Å²) >= 11 is 4.75. The van der Waals surface area contributed by atoms with Crippen LogP contribution >= 0.6 is 45.2 Å². The Morgan fingerprint density at radius 2 is 1.55 bits per heavy atom. The molecule has 0 saturated carbocycles. The molecule has 0 N–H and O–H groups in total. The summed E-state index contributed by atoms with van der Waals surface area (Å²) in [6.45, 7) is 4.30. The fourth-order valence-corrected chi connectivity index (χ4v) is 3.57. The van der Waals surface area contributed by atoms with Gasteiger partial charge in [0, 0.05) is 13.1 Å². The second-order valence-electron chi connectivity index (χ2n) is 2.60. The molecule has 1 rings (SSSR count). The van der Waals surface area contributed by atoms with Gasteiger partial charge in [-0.15, -0.1) is 0 Å². The summed E-state index contributed by atoms with van der Waals surface area (Å²) in [5, 5.41) is 0. The van der Waals surface area contributed by atoms with E-state index in [9.17, 15) is 0 Å². The number of benzene rings is 1. The van der Waals surface area contributed by atoms with Gasteiger partial charge >= 0.3 is 0 Å². The van der Waals surface area contributed by atoms with E-state index in [1.807, 2.05) is 0 Å². The zero-order chi connectivity index (χ0) is 8.43. The normalized spacial score (nSPS) is 10.6. The predicted molar refractivity (Wildman–Crippen MR) is 65.6 cm³/mol. The summed E-state index contributed by atoms with van der Waals surface area (Å²) in [6, 6.07) is 6.38. The van der Waals surface area contributed by atoms with Crippen LogP contribution in [-0.2, 0) is 0 Å². The molecule has 0 aliphatic carbocycles. The van der Waals surface area contributed by atoms with Crippen LogP contribution in [0.15, 0.2) is 18.2 Å². The van der Waals surface area contributed by atoms with Crippen LogP contribution in [0.1, 0.15) is 19.4 Å². The third-order valence-corrected chi connectivity index (χ3v) is 3.26. The Balaban J connectivity index is 3.21. The van der Waals surface area contributed by atoms with Gasteiger partial charge in [0.1, 0.15) is 0 Å². The minimum absolute atomic E-state index is 1.34. The molecule has 2 heteroatoms. The summed E-state index contributed by atoms with van der Waals surface area (Å²) in [5.41, 5.74) is 1.40. The summed E-state index contributed by atoms with van der Waals surface area (Å²) in [4.78, 5) is 0. The lowest BCUT2D eigenvalue weighted by Crippen LogP contribution is -1.95. The maximum absolute atomic E-state index is 2.38. The summed E-state index contributed by atoms with van der Waals surface area (Å²) in [6.07, 6.45) is 0. The van der Waals surface area contributed by atoms with Crippen molar-refractivity contribution in [1.82, 2.24) is 0 Å². The zero-order valence-corrected chi connectivity index (χ0v) is 10.8. The molecule has 1 aromatic rings. The van der Waals surface area contributed by atoms with Crippen LogP contribution in [0.25, 0.3) is 0 Å². The van der Waals surface area contributed by atoms with Crippen molar-refractivity contribution in [1.29, 1.82) is 0 Å². The molecule has 0 heterocycles. The maximum Gasteiger partial charge on any atom is 0.0178 e. The molecule has 0 saturated heterocycles. The van der Waals surface area contributed by atoms with Crippen LogP contribution in [0.4, 0.5) is 0 Å². The Morgan fingerprint density at radius 3 is 1.82 bits per heavy atom. The van der Waals surface area contributed by atoms with Gasteiger partial charge in [-0.1, -0.05) is 19.9 Å². The van der Waals surface area contributed by atoms with Crippen LogP contribution in [0, 0.1) is 13.1 Å². The van der Waals surface area contributed by atoms with Crippen LogP contribution in [0.5, 0.6) is 0 Å². The van der Waals surface area contributed by atoms with E-state index in [1.165, 1.54) is 18.6 Å². The van der Waals surface area contributed by atoms with Gasteiger partial charge in [0.25, 0.3) is 0 Å². The predicted octanol–water partition coefficient (Wildman–Crippen LogP) is 3.86. The molecule has 1 radical (unpaired) electrons. The van der Waals surface area contributed by atoms with Crippen molar-refractivity contribution >= 4 is 45.2 Å². The van der Waals surface area contributed by atoms with Crippen molar-refractivity contribution in [3.8, 4) is 0 Å². The minimum Gasteiger partial charge on any atom is -0.0601 e. The largest absolute Gasteiger partial charge is 0.0601 e. The van der Waals surface area contributed by atoms with E-state index in [2.05, 4.69) is 77.2 Å². The highest BCUT2D eigenvalue weighted by molar-refractivity contribution is 14.1. The molecule has 0 fully saturated rings. The maximum atomic E-state index is 2.38. The van der Waals surface area contributed by atoms with E-state index < -0.39 is 0 Å². The lowest BCUT2D eigenvalue weighted by atomic mass is 10.0. The SMILES string of the molecule is C[C](C)c1c(I)cccc1I. The van der Waals surface area contributed by atoms with Gasteiger partial charge in [-0.05, 0) is 62.9 Å². The first-order valence-electron chi connectivity index (χ1n) is 3.37. The van der Waals surface area contributed by atoms with E-state index in [0.29, 0.717) is 0 Å². The highest BCUT2D eigenvalue weighted by atomic mass is 127. The third-order valence-electron chi connectivity index (χ3n) is 1.46. The van der Waals surface area contributed by atoms with Crippen LogP contribution in [0.2, 0.25) is 0 Å². The number of halogens is 2. The van der Waals surface area contributed by atoms with Gasteiger partial charge in [-0.2, -0.15) is 0 Å². The monoisotopic (exact) mass is 371 g/mol. The van der Waals surface area contributed by atoms with Crippen molar-refractivity contribution < 1.29 is 0 Å². The first-order valence-corrected chi connectivity index (χ1v) is 5.53. The standard InChI is InChI=1S/C9H9I2/c1-6(2)9-7(10)4-3-5-8(9)11/h3-5H,1-2H3. The van der Waals surface area contributed by atoms with E-state index >= 15 is 0 Å². The van der Waals surface area contributed by atoms with Crippen molar-refractivity contribution in [2.45, 2.75) is 13.8 Å². The molecule has 0 aliphatic heterocycles. The van der Waals surface area contributed by atoms with Gasteiger partial charge in [-0.25, -0.2) is 0 Å². The Morgan fingerprint density at radius 1 is 1.09 bits per heavy atom. The van der Waals surface area contributed by atoms with Crippen LogP contribution in [0.3, 0.4) is 0 Å². The van der Waals surface area contributed by atoms with E-state index in [0.717, 1.165) is 0 Å². The second kappa shape index (κ2) is 4.07. The molecule has 0 amide bonds. The lowest BCUT2D eigenvalue weighted by molar-refractivity contribution is 1.12. The van der Waals surface area contributed by atoms with Gasteiger partial charge < -0.3 is 0 Å². The molecule has 0 bridgehead atoms. The van der Waals surface area contributed by atoms with E-state index in [1.54, 1.807) is 0 Å². The molecule has 11 heavy (non-hydrogen) atoms. The summed E-state index contributed by atoms with van der Waals surface area (Å²) in [7, 11) is 0. The van der Waals surface area contributed by atoms with Gasteiger partial charge in [0.15, 0.2) is 0 Å². The van der Waals surface area contributed by atoms with Crippen LogP contribution in [-0.4, -0.2) is 0 Å². The molecular formula is C9H9I2. The van der Waals surface area contributed by atoms with Gasteiger partial charge in [0.2, 0.25) is 0 Å². The average Bonchev–Trinajstić information content (AvgIpc) is 1.85. The minimum atomic E-state index is 1.34. The Hall–Kier alpha value is 0.680. The zero-order valence-electron chi connectivity index (χ0n) is 6.49. The molecule has 59 valence electrons. The molecule has 0 spiro atoms. The van der Waals surface area contributed by atoms with Crippen molar-refractivity contribution in [2.75, 3.05) is 0 Å². The molecule has 1 aromatic carbocycles. The average molecular weight is 371 g/mol. The number of hydrogen-bond donors (Lipinski definition) is 0. The molecular weight excluding hydrogens is 362 g/mol. The fraction of sp³-hybridized carbons (Fsp3) is 0.222. The Labute approximate surface area is 95.0 Å². The molecule has 0 aromatic heterocycles. The van der Waals surface area contributed by atoms with E-state index in [-0.39, 0.29) is 0 Å². The van der Waals surface area contributed by atoms with Crippen LogP contribution < -0.4 is 0 Å². The molecule has 0 unspecified atom stereocenters. The summed E-state index contributed by atoms with van der Waals surface area (Å²) < 4.78 is 2.68. The molecule has 0 nitrogen and oxygen atoms in total. The first kappa shape index (κ1) is 9.77. The Kier molecular flexibility index (Phi) is 3.61. The fourth-order valence-electron chi connectivity index (χ4n) is 0.975. The molecule has 0 aliphatic rings. The van der Waals surface area contributed by atoms with E-state index in [4.69, 9.17) is 0 Å². The van der Waals surface area contributed by atoms with Crippen molar-refractivity contribution in [3.63, 3.8) is 0 Å². The first-order chi connectivity index (χ1) is 5.13. The topological polar surface area (TPSA) is 0 Å². The number of hydrogen-bond acceptors (Lipinski definition) is 0. The van der Waals surface area contributed by atoms with Crippen molar-refractivity contribution in [3.05, 3.63) is 36.8 Å². The van der Waals surface area contributed by atoms with Gasteiger partial charge in [-0.3, -0.25) is 0 Å². The second-order valence-corrected chi connectivity index (χ2v) is 4.92. The van der Waals surface area contributed by atoms with Gasteiger partial charge in [0.05, 0.1) is 0 Å². The highest BCUT2D eigenvalue weighted by Crippen LogP contribution is 2.25.